The lowest BCUT2D eigenvalue weighted by atomic mass is 9.89. The van der Waals surface area contributed by atoms with E-state index in [1.54, 1.807) is 23.5 Å². The number of thiophene rings is 1. The summed E-state index contributed by atoms with van der Waals surface area (Å²) >= 11 is 3.06. The molecule has 1 aliphatic carbocycles. The maximum Gasteiger partial charge on any atom is 0.269 e. The van der Waals surface area contributed by atoms with Gasteiger partial charge < -0.3 is 0 Å². The SMILES string of the molecule is CCc1nc2sc3c(c2c2nnc(SCC(=O)NNC(=O)c4ccc(C)cc4)n12)CC[C@@H](C)C3. The van der Waals surface area contributed by atoms with Crippen molar-refractivity contribution in [1.82, 2.24) is 30.4 Å². The van der Waals surface area contributed by atoms with Crippen molar-refractivity contribution in [3.05, 3.63) is 51.7 Å². The Morgan fingerprint density at radius 1 is 1.21 bits per heavy atom. The minimum Gasteiger partial charge on any atom is -0.272 e. The van der Waals surface area contributed by atoms with Crippen LogP contribution in [0.15, 0.2) is 29.4 Å². The molecule has 5 rings (SSSR count). The molecule has 10 heteroatoms. The Kier molecular flexibility index (Phi) is 6.26. The monoisotopic (exact) mass is 494 g/mol. The number of carbonyl (C=O) groups is 2. The summed E-state index contributed by atoms with van der Waals surface area (Å²) in [5.74, 6) is 0.986. The highest BCUT2D eigenvalue weighted by atomic mass is 32.2. The van der Waals surface area contributed by atoms with Gasteiger partial charge in [0.05, 0.1) is 11.1 Å². The lowest BCUT2D eigenvalue weighted by molar-refractivity contribution is -0.119. The Morgan fingerprint density at radius 2 is 2.00 bits per heavy atom. The van der Waals surface area contributed by atoms with Crippen molar-refractivity contribution in [2.24, 2.45) is 5.92 Å². The van der Waals surface area contributed by atoms with Crippen LogP contribution in [0.4, 0.5) is 0 Å². The number of fused-ring (bicyclic) bond motifs is 5. The number of aryl methyl sites for hydroxylation is 3. The van der Waals surface area contributed by atoms with E-state index in [-0.39, 0.29) is 17.6 Å². The number of hydrogen-bond donors (Lipinski definition) is 2. The van der Waals surface area contributed by atoms with Gasteiger partial charge in [-0.15, -0.1) is 21.5 Å². The first-order chi connectivity index (χ1) is 16.4. The lowest BCUT2D eigenvalue weighted by Gasteiger charge is -2.17. The molecule has 1 atom stereocenters. The number of nitrogens with zero attached hydrogens (tertiary/aromatic N) is 4. The Morgan fingerprint density at radius 3 is 2.76 bits per heavy atom. The smallest absolute Gasteiger partial charge is 0.269 e. The second kappa shape index (κ2) is 9.34. The summed E-state index contributed by atoms with van der Waals surface area (Å²) in [4.78, 5) is 32.0. The zero-order valence-electron chi connectivity index (χ0n) is 19.3. The maximum atomic E-state index is 12.4. The van der Waals surface area contributed by atoms with Crippen LogP contribution in [0.3, 0.4) is 0 Å². The van der Waals surface area contributed by atoms with Crippen LogP contribution in [0.2, 0.25) is 0 Å². The summed E-state index contributed by atoms with van der Waals surface area (Å²) < 4.78 is 1.98. The van der Waals surface area contributed by atoms with Crippen LogP contribution in [0.1, 0.15) is 52.5 Å². The highest BCUT2D eigenvalue weighted by molar-refractivity contribution is 7.99. The van der Waals surface area contributed by atoms with Crippen LogP contribution in [-0.2, 0) is 24.1 Å². The molecule has 0 spiro atoms. The van der Waals surface area contributed by atoms with E-state index in [2.05, 4.69) is 34.9 Å². The second-order valence-electron chi connectivity index (χ2n) is 8.71. The third-order valence-electron chi connectivity index (χ3n) is 6.12. The molecular formula is C24H26N6O2S2. The lowest BCUT2D eigenvalue weighted by Crippen LogP contribution is -2.42. The molecule has 0 saturated heterocycles. The number of hydrogen-bond acceptors (Lipinski definition) is 7. The van der Waals surface area contributed by atoms with E-state index in [0.717, 1.165) is 46.5 Å². The fraction of sp³-hybridized carbons (Fsp3) is 0.375. The fourth-order valence-electron chi connectivity index (χ4n) is 4.28. The van der Waals surface area contributed by atoms with Gasteiger partial charge in [-0.05, 0) is 49.8 Å². The third-order valence-corrected chi connectivity index (χ3v) is 8.19. The van der Waals surface area contributed by atoms with Crippen molar-refractivity contribution in [2.75, 3.05) is 5.75 Å². The summed E-state index contributed by atoms with van der Waals surface area (Å²) in [5.41, 5.74) is 8.67. The number of nitrogens with one attached hydrogen (secondary N) is 2. The molecule has 4 aromatic rings. The third kappa shape index (κ3) is 4.27. The standard InChI is InChI=1S/C24H26N6O2S2/c1-4-18-25-23-20(16-10-7-14(3)11-17(16)34-23)21-27-29-24(30(18)21)33-12-19(31)26-28-22(32)15-8-5-13(2)6-9-15/h5-6,8-9,14H,4,7,10-12H2,1-3H3,(H,26,31)(H,28,32)/t14-/m1/s1. The van der Waals surface area contributed by atoms with E-state index in [1.165, 1.54) is 28.6 Å². The van der Waals surface area contributed by atoms with Crippen molar-refractivity contribution >= 4 is 50.8 Å². The van der Waals surface area contributed by atoms with E-state index < -0.39 is 0 Å². The molecule has 2 amide bonds. The largest absolute Gasteiger partial charge is 0.272 e. The summed E-state index contributed by atoms with van der Waals surface area (Å²) in [7, 11) is 0. The van der Waals surface area contributed by atoms with Gasteiger partial charge in [0.25, 0.3) is 5.91 Å². The Labute approximate surface area is 205 Å². The van der Waals surface area contributed by atoms with Gasteiger partial charge in [-0.25, -0.2) is 4.98 Å². The zero-order valence-corrected chi connectivity index (χ0v) is 21.0. The minimum absolute atomic E-state index is 0.0927. The normalized spacial score (nSPS) is 15.4. The van der Waals surface area contributed by atoms with Crippen LogP contribution in [-0.4, -0.2) is 37.1 Å². The van der Waals surface area contributed by atoms with Crippen molar-refractivity contribution in [3.8, 4) is 0 Å². The van der Waals surface area contributed by atoms with E-state index in [9.17, 15) is 9.59 Å². The number of benzene rings is 1. The molecule has 0 aliphatic heterocycles. The second-order valence-corrected chi connectivity index (χ2v) is 10.7. The van der Waals surface area contributed by atoms with Gasteiger partial charge in [0.15, 0.2) is 10.8 Å². The van der Waals surface area contributed by atoms with Gasteiger partial charge in [0.1, 0.15) is 10.7 Å². The van der Waals surface area contributed by atoms with Crippen LogP contribution in [0.5, 0.6) is 0 Å². The zero-order chi connectivity index (χ0) is 23.8. The first-order valence-corrected chi connectivity index (χ1v) is 13.2. The quantitative estimate of drug-likeness (QED) is 0.322. The molecule has 1 aliphatic rings. The summed E-state index contributed by atoms with van der Waals surface area (Å²) in [6.07, 6.45) is 4.03. The molecule has 0 unspecified atom stereocenters. The topological polar surface area (TPSA) is 101 Å². The number of aromatic nitrogens is 4. The molecule has 0 saturated carbocycles. The van der Waals surface area contributed by atoms with Crippen LogP contribution in [0, 0.1) is 12.8 Å². The number of amides is 2. The first kappa shape index (κ1) is 22.8. The maximum absolute atomic E-state index is 12.4. The van der Waals surface area contributed by atoms with Crippen LogP contribution < -0.4 is 10.9 Å². The molecule has 0 radical (unpaired) electrons. The predicted molar refractivity (Wildman–Crippen MR) is 134 cm³/mol. The number of rotatable bonds is 5. The van der Waals surface area contributed by atoms with Crippen molar-refractivity contribution < 1.29 is 9.59 Å². The fourth-order valence-corrected chi connectivity index (χ4v) is 6.43. The average molecular weight is 495 g/mol. The van der Waals surface area contributed by atoms with E-state index in [0.29, 0.717) is 16.6 Å². The van der Waals surface area contributed by atoms with E-state index in [4.69, 9.17) is 4.98 Å². The van der Waals surface area contributed by atoms with Crippen molar-refractivity contribution in [1.29, 1.82) is 0 Å². The van der Waals surface area contributed by atoms with E-state index >= 15 is 0 Å². The van der Waals surface area contributed by atoms with E-state index in [1.807, 2.05) is 23.5 Å². The molecule has 176 valence electrons. The number of hydrazine groups is 1. The molecule has 2 N–H and O–H groups in total. The first-order valence-electron chi connectivity index (χ1n) is 11.4. The van der Waals surface area contributed by atoms with Gasteiger partial charge in [-0.1, -0.05) is 43.3 Å². The molecule has 3 aromatic heterocycles. The van der Waals surface area contributed by atoms with Crippen molar-refractivity contribution in [3.63, 3.8) is 0 Å². The molecule has 34 heavy (non-hydrogen) atoms. The minimum atomic E-state index is -0.359. The van der Waals surface area contributed by atoms with Gasteiger partial charge in [0, 0.05) is 16.9 Å². The molecule has 1 aromatic carbocycles. The average Bonchev–Trinajstić information content (AvgIpc) is 3.41. The predicted octanol–water partition coefficient (Wildman–Crippen LogP) is 3.89. The Bertz CT molecular complexity index is 1390. The highest BCUT2D eigenvalue weighted by Gasteiger charge is 2.25. The van der Waals surface area contributed by atoms with Gasteiger partial charge in [0.2, 0.25) is 5.91 Å². The molecule has 0 fully saturated rings. The Hall–Kier alpha value is -2.98. The molecule has 8 nitrogen and oxygen atoms in total. The number of thioether (sulfide) groups is 1. The van der Waals surface area contributed by atoms with Crippen LogP contribution in [0.25, 0.3) is 15.9 Å². The summed E-state index contributed by atoms with van der Waals surface area (Å²) in [6, 6.07) is 7.14. The molecule has 0 bridgehead atoms. The molecule has 3 heterocycles. The summed E-state index contributed by atoms with van der Waals surface area (Å²) in [6.45, 7) is 6.31. The summed E-state index contributed by atoms with van der Waals surface area (Å²) in [5, 5.41) is 10.6. The Balaban J connectivity index is 1.33. The molecular weight excluding hydrogens is 468 g/mol. The van der Waals surface area contributed by atoms with Crippen LogP contribution >= 0.6 is 23.1 Å². The van der Waals surface area contributed by atoms with Gasteiger partial charge >= 0.3 is 0 Å². The highest BCUT2D eigenvalue weighted by Crippen LogP contribution is 2.39. The number of carbonyl (C=O) groups excluding carboxylic acids is 2. The van der Waals surface area contributed by atoms with Crippen molar-refractivity contribution in [2.45, 2.75) is 51.6 Å². The van der Waals surface area contributed by atoms with Gasteiger partial charge in [-0.3, -0.25) is 24.8 Å². The van der Waals surface area contributed by atoms with Gasteiger partial charge in [-0.2, -0.15) is 0 Å².